The minimum absolute atomic E-state index is 0.0996. The van der Waals surface area contributed by atoms with Gasteiger partial charge in [0, 0.05) is 6.00 Å². The topological polar surface area (TPSA) is 20.2 Å². The Bertz CT molecular complexity index is 161. The Morgan fingerprint density at radius 2 is 1.62 bits per heavy atom. The Morgan fingerprint density at radius 3 is 1.92 bits per heavy atom. The summed E-state index contributed by atoms with van der Waals surface area (Å²) in [6, 6.07) is -0.964. The van der Waals surface area contributed by atoms with Crippen LogP contribution < -0.4 is 0 Å². The summed E-state index contributed by atoms with van der Waals surface area (Å²) in [5, 5.41) is 8.96. The van der Waals surface area contributed by atoms with Gasteiger partial charge in [0.1, 0.15) is 7.85 Å². The van der Waals surface area contributed by atoms with Crippen LogP contribution in [0, 0.1) is 11.8 Å². The fraction of sp³-hybridized carbons (Fsp3) is 1.00. The summed E-state index contributed by atoms with van der Waals surface area (Å²) in [7, 11) is 5.20. The summed E-state index contributed by atoms with van der Waals surface area (Å²) in [4.78, 5) is 0. The number of rotatable bonds is 1. The molecule has 1 fully saturated rings. The molecule has 1 nitrogen and oxygen atoms in total. The van der Waals surface area contributed by atoms with Gasteiger partial charge in [0.05, 0.1) is 5.92 Å². The van der Waals surface area contributed by atoms with Crippen molar-refractivity contribution in [3.63, 3.8) is 0 Å². The van der Waals surface area contributed by atoms with E-state index in [1.807, 2.05) is 0 Å². The van der Waals surface area contributed by atoms with Gasteiger partial charge in [-0.3, -0.25) is 0 Å². The molecule has 0 aromatic rings. The smallest absolute Gasteiger partial charge is 0.391 e. The molecular weight excluding hydrogens is 180 g/mol. The van der Waals surface area contributed by atoms with Crippen LogP contribution in [-0.2, 0) is 0 Å². The fourth-order valence-electron chi connectivity index (χ4n) is 1.79. The van der Waals surface area contributed by atoms with Crippen LogP contribution in [0.25, 0.3) is 0 Å². The molecule has 0 saturated heterocycles. The minimum Gasteiger partial charge on any atom is -0.403 e. The van der Waals surface area contributed by atoms with Crippen molar-refractivity contribution in [1.29, 1.82) is 0 Å². The van der Waals surface area contributed by atoms with E-state index >= 15 is 0 Å². The molecule has 13 heavy (non-hydrogen) atoms. The molecule has 0 heterocycles. The van der Waals surface area contributed by atoms with Gasteiger partial charge in [0.15, 0.2) is 0 Å². The predicted octanol–water partition coefficient (Wildman–Crippen LogP) is 1.84. The van der Waals surface area contributed by atoms with Gasteiger partial charge in [-0.15, -0.1) is 0 Å². The number of alkyl halides is 3. The van der Waals surface area contributed by atoms with Crippen LogP contribution >= 0.6 is 0 Å². The molecule has 0 aromatic heterocycles. The highest BCUT2D eigenvalue weighted by molar-refractivity contribution is 6.10. The Morgan fingerprint density at radius 1 is 1.15 bits per heavy atom. The summed E-state index contributed by atoms with van der Waals surface area (Å²) in [5.41, 5.74) is 0. The monoisotopic (exact) mass is 192 g/mol. The maximum atomic E-state index is 12.2. The average Bonchev–Trinajstić information content (AvgIpc) is 2.03. The molecule has 1 unspecified atom stereocenters. The second-order valence-corrected chi connectivity index (χ2v) is 3.64. The van der Waals surface area contributed by atoms with Crippen LogP contribution in [0.4, 0.5) is 13.2 Å². The quantitative estimate of drug-likeness (QED) is 0.628. The number of aliphatic hydroxyl groups excluding tert-OH is 1. The molecule has 1 aliphatic carbocycles. The molecule has 0 amide bonds. The Kier molecular flexibility index (Phi) is 3.27. The van der Waals surface area contributed by atoms with Crippen LogP contribution in [0.5, 0.6) is 0 Å². The van der Waals surface area contributed by atoms with E-state index in [2.05, 4.69) is 0 Å². The molecule has 0 spiro atoms. The highest BCUT2D eigenvalue weighted by Gasteiger charge is 2.41. The molecule has 5 heteroatoms. The van der Waals surface area contributed by atoms with E-state index in [0.717, 1.165) is 0 Å². The van der Waals surface area contributed by atoms with Crippen LogP contribution in [0.15, 0.2) is 0 Å². The zero-order chi connectivity index (χ0) is 10.1. The van der Waals surface area contributed by atoms with Gasteiger partial charge in [0.2, 0.25) is 0 Å². The van der Waals surface area contributed by atoms with E-state index in [-0.39, 0.29) is 18.8 Å². The van der Waals surface area contributed by atoms with Crippen molar-refractivity contribution in [1.82, 2.24) is 0 Å². The minimum atomic E-state index is -4.08. The van der Waals surface area contributed by atoms with Crippen molar-refractivity contribution in [2.45, 2.75) is 37.9 Å². The molecule has 0 bridgehead atoms. The van der Waals surface area contributed by atoms with Crippen molar-refractivity contribution in [3.8, 4) is 0 Å². The molecule has 1 atom stereocenters. The molecule has 2 radical (unpaired) electrons. The Labute approximate surface area is 76.7 Å². The van der Waals surface area contributed by atoms with E-state index in [1.54, 1.807) is 0 Å². The molecule has 0 aliphatic heterocycles. The van der Waals surface area contributed by atoms with E-state index in [9.17, 15) is 13.2 Å². The summed E-state index contributed by atoms with van der Waals surface area (Å²) >= 11 is 0. The summed E-state index contributed by atoms with van der Waals surface area (Å²) in [5.74, 6) is -1.35. The first-order chi connectivity index (χ1) is 5.91. The van der Waals surface area contributed by atoms with Crippen molar-refractivity contribution >= 4 is 7.85 Å². The largest absolute Gasteiger partial charge is 0.403 e. The van der Waals surface area contributed by atoms with Crippen molar-refractivity contribution in [3.05, 3.63) is 0 Å². The van der Waals surface area contributed by atoms with Crippen molar-refractivity contribution in [2.75, 3.05) is 0 Å². The zero-order valence-corrected chi connectivity index (χ0v) is 7.22. The number of hydrogen-bond acceptors (Lipinski definition) is 1. The lowest BCUT2D eigenvalue weighted by Crippen LogP contribution is -2.32. The molecule has 0 aromatic carbocycles. The van der Waals surface area contributed by atoms with Gasteiger partial charge in [-0.05, 0) is 31.6 Å². The molecule has 1 saturated carbocycles. The van der Waals surface area contributed by atoms with E-state index < -0.39 is 18.1 Å². The average molecular weight is 192 g/mol. The van der Waals surface area contributed by atoms with Gasteiger partial charge in [0.25, 0.3) is 0 Å². The summed E-state index contributed by atoms with van der Waals surface area (Å²) in [6.45, 7) is 0. The predicted molar refractivity (Wildman–Crippen MR) is 43.3 cm³/mol. The van der Waals surface area contributed by atoms with Gasteiger partial charge in [-0.2, -0.15) is 13.2 Å². The SMILES string of the molecule is [B]C(O)C1CCC(C(F)(F)F)CC1. The standard InChI is InChI=1S/C8H12BF3O/c9-7(13)5-1-3-6(4-2-5)8(10,11)12/h5-7,13H,1-4H2. The summed E-state index contributed by atoms with van der Waals surface area (Å²) < 4.78 is 36.5. The van der Waals surface area contributed by atoms with E-state index in [4.69, 9.17) is 13.0 Å². The van der Waals surface area contributed by atoms with Gasteiger partial charge in [-0.1, -0.05) is 0 Å². The highest BCUT2D eigenvalue weighted by atomic mass is 19.4. The lowest BCUT2D eigenvalue weighted by atomic mass is 9.74. The maximum Gasteiger partial charge on any atom is 0.391 e. The fourth-order valence-corrected chi connectivity index (χ4v) is 1.79. The van der Waals surface area contributed by atoms with Crippen LogP contribution in [0.1, 0.15) is 25.7 Å². The third kappa shape index (κ3) is 2.90. The van der Waals surface area contributed by atoms with E-state index in [1.165, 1.54) is 0 Å². The number of aliphatic hydroxyl groups is 1. The lowest BCUT2D eigenvalue weighted by molar-refractivity contribution is -0.184. The van der Waals surface area contributed by atoms with Crippen LogP contribution in [0.3, 0.4) is 0 Å². The zero-order valence-electron chi connectivity index (χ0n) is 7.22. The first kappa shape index (κ1) is 10.9. The lowest BCUT2D eigenvalue weighted by Gasteiger charge is -2.31. The normalized spacial score (nSPS) is 32.9. The van der Waals surface area contributed by atoms with Crippen molar-refractivity contribution in [2.24, 2.45) is 11.8 Å². The van der Waals surface area contributed by atoms with Gasteiger partial charge >= 0.3 is 6.18 Å². The van der Waals surface area contributed by atoms with Crippen molar-refractivity contribution < 1.29 is 18.3 Å². The Hall–Kier alpha value is -0.185. The third-order valence-electron chi connectivity index (χ3n) is 2.72. The number of halogens is 3. The molecule has 1 rings (SSSR count). The van der Waals surface area contributed by atoms with Gasteiger partial charge in [-0.25, -0.2) is 0 Å². The molecule has 1 N–H and O–H groups in total. The number of hydrogen-bond donors (Lipinski definition) is 1. The first-order valence-electron chi connectivity index (χ1n) is 4.41. The van der Waals surface area contributed by atoms with E-state index in [0.29, 0.717) is 12.8 Å². The summed E-state index contributed by atoms with van der Waals surface area (Å²) in [6.07, 6.45) is -3.13. The third-order valence-corrected chi connectivity index (χ3v) is 2.72. The molecular formula is C8H12BF3O. The second-order valence-electron chi connectivity index (χ2n) is 3.64. The Balaban J connectivity index is 2.39. The first-order valence-corrected chi connectivity index (χ1v) is 4.41. The highest BCUT2D eigenvalue weighted by Crippen LogP contribution is 2.39. The molecule has 74 valence electrons. The molecule has 1 aliphatic rings. The maximum absolute atomic E-state index is 12.2. The van der Waals surface area contributed by atoms with Crippen LogP contribution in [0.2, 0.25) is 0 Å². The van der Waals surface area contributed by atoms with Gasteiger partial charge < -0.3 is 5.11 Å². The van der Waals surface area contributed by atoms with Crippen LogP contribution in [-0.4, -0.2) is 25.1 Å². The second kappa shape index (κ2) is 3.90.